The quantitative estimate of drug-likeness (QED) is 0.152. The number of fused-ring (bicyclic) bond motifs is 6. The Bertz CT molecular complexity index is 4580. The molecule has 0 bridgehead atoms. The molecule has 0 unspecified atom stereocenters. The predicted octanol–water partition coefficient (Wildman–Crippen LogP) is 19.9. The molecule has 0 saturated carbocycles. The maximum absolute atomic E-state index is 14.2. The second-order valence-corrected chi connectivity index (χ2v) is 21.0. The minimum atomic E-state index is -4.65. The summed E-state index contributed by atoms with van der Waals surface area (Å²) in [5.41, 5.74) is 20.2. The molecule has 13 aromatic rings. The number of hydrogen-bond donors (Lipinski definition) is 0. The van der Waals surface area contributed by atoms with Gasteiger partial charge in [0.15, 0.2) is 0 Å². The van der Waals surface area contributed by atoms with Crippen LogP contribution >= 0.6 is 0 Å². The molecule has 0 amide bonds. The Labute approximate surface area is 461 Å². The smallest absolute Gasteiger partial charge is 0.309 e. The van der Waals surface area contributed by atoms with Gasteiger partial charge < -0.3 is 9.13 Å². The SMILES string of the molecule is Cc1cccc(-c2ccc3c(c2)c2cc(-c4cccc(C)c4)ccc2n3-c2ccc(C#N)c(-c3cc(-c4ccc(C(F)(F)F)cc4C#N)ccc3-n3c4ccc(-c5cccc(C)c5)cc4c4cc(-c5cccc(C)c5)ccc43)c2)c1. The molecule has 11 aromatic carbocycles. The third kappa shape index (κ3) is 8.67. The number of benzene rings is 11. The first-order valence-corrected chi connectivity index (χ1v) is 26.6. The minimum absolute atomic E-state index is 0.114. The van der Waals surface area contributed by atoms with Gasteiger partial charge in [-0.15, -0.1) is 0 Å². The lowest BCUT2D eigenvalue weighted by Crippen LogP contribution is -2.05. The van der Waals surface area contributed by atoms with Crippen molar-refractivity contribution in [2.75, 3.05) is 0 Å². The first-order valence-electron chi connectivity index (χ1n) is 26.6. The zero-order chi connectivity index (χ0) is 55.0. The lowest BCUT2D eigenvalue weighted by Gasteiger charge is -2.19. The molecule has 0 spiro atoms. The van der Waals surface area contributed by atoms with Crippen molar-refractivity contribution in [3.8, 4) is 90.3 Å². The van der Waals surface area contributed by atoms with Crippen molar-refractivity contribution in [1.29, 1.82) is 10.5 Å². The fraction of sp³-hybridized carbons (Fsp3) is 0.0685. The molecule has 0 saturated heterocycles. The molecule has 2 heterocycles. The second kappa shape index (κ2) is 19.4. The van der Waals surface area contributed by atoms with E-state index in [-0.39, 0.29) is 5.56 Å². The highest BCUT2D eigenvalue weighted by Gasteiger charge is 2.31. The van der Waals surface area contributed by atoms with Gasteiger partial charge in [-0.3, -0.25) is 0 Å². The van der Waals surface area contributed by atoms with Crippen molar-refractivity contribution < 1.29 is 13.2 Å². The van der Waals surface area contributed by atoms with Gasteiger partial charge >= 0.3 is 6.18 Å². The van der Waals surface area contributed by atoms with Crippen LogP contribution in [0.15, 0.2) is 224 Å². The molecule has 2 aromatic heterocycles. The molecule has 0 aliphatic heterocycles. The average Bonchev–Trinajstić information content (AvgIpc) is 4.17. The van der Waals surface area contributed by atoms with E-state index in [4.69, 9.17) is 0 Å². The standard InChI is InChI=1S/C73H49F3N4/c1-44-9-5-13-48(31-44)52-18-26-68-64(36-52)65-37-53(49-14-6-10-45(2)32-49)19-27-69(65)79(68)60-24-17-57(42-77)62(41-60)63-40-56(61-25-23-59(73(74,75)76)35-58(61)43-78)22-30-70(63)80-71-28-20-54(50-15-7-11-46(3)33-50)38-66(71)67-39-55(21-29-72(67)80)51-16-8-12-47(4)34-51/h5-41H,1-4H3. The van der Waals surface area contributed by atoms with Crippen LogP contribution in [0.1, 0.15) is 38.9 Å². The van der Waals surface area contributed by atoms with Gasteiger partial charge in [0.1, 0.15) is 0 Å². The number of alkyl halides is 3. The third-order valence-electron chi connectivity index (χ3n) is 15.6. The third-order valence-corrected chi connectivity index (χ3v) is 15.6. The number of hydrogen-bond acceptors (Lipinski definition) is 2. The first-order chi connectivity index (χ1) is 38.8. The van der Waals surface area contributed by atoms with Gasteiger partial charge in [-0.1, -0.05) is 156 Å². The largest absolute Gasteiger partial charge is 0.416 e. The average molecular weight is 1040 g/mol. The summed E-state index contributed by atoms with van der Waals surface area (Å²) in [4.78, 5) is 0. The first kappa shape index (κ1) is 49.4. The summed E-state index contributed by atoms with van der Waals surface area (Å²) < 4.78 is 47.0. The van der Waals surface area contributed by atoms with E-state index in [0.717, 1.165) is 123 Å². The summed E-state index contributed by atoms with van der Waals surface area (Å²) >= 11 is 0. The van der Waals surface area contributed by atoms with Gasteiger partial charge in [0, 0.05) is 38.4 Å². The highest BCUT2D eigenvalue weighted by molar-refractivity contribution is 6.13. The molecule has 382 valence electrons. The van der Waals surface area contributed by atoms with Crippen molar-refractivity contribution in [3.63, 3.8) is 0 Å². The van der Waals surface area contributed by atoms with Crippen LogP contribution in [0, 0.1) is 50.4 Å². The van der Waals surface area contributed by atoms with Crippen LogP contribution in [0.5, 0.6) is 0 Å². The zero-order valence-electron chi connectivity index (χ0n) is 44.3. The second-order valence-electron chi connectivity index (χ2n) is 21.0. The number of rotatable bonds is 8. The minimum Gasteiger partial charge on any atom is -0.309 e. The molecule has 0 aliphatic rings. The number of nitrogens with zero attached hydrogens (tertiary/aromatic N) is 4. The molecule has 0 radical (unpaired) electrons. The van der Waals surface area contributed by atoms with Gasteiger partial charge in [-0.2, -0.15) is 23.7 Å². The lowest BCUT2D eigenvalue weighted by atomic mass is 9.91. The summed E-state index contributed by atoms with van der Waals surface area (Å²) in [5, 5.41) is 25.8. The summed E-state index contributed by atoms with van der Waals surface area (Å²) in [5.74, 6) is 0. The van der Waals surface area contributed by atoms with Crippen molar-refractivity contribution in [3.05, 3.63) is 263 Å². The summed E-state index contributed by atoms with van der Waals surface area (Å²) in [7, 11) is 0. The van der Waals surface area contributed by atoms with Gasteiger partial charge in [0.05, 0.1) is 56.6 Å². The highest BCUT2D eigenvalue weighted by atomic mass is 19.4. The van der Waals surface area contributed by atoms with E-state index in [0.29, 0.717) is 27.8 Å². The maximum atomic E-state index is 14.2. The number of halogens is 3. The van der Waals surface area contributed by atoms with Crippen molar-refractivity contribution in [1.82, 2.24) is 9.13 Å². The van der Waals surface area contributed by atoms with E-state index < -0.39 is 11.7 Å². The molecule has 4 nitrogen and oxygen atoms in total. The van der Waals surface area contributed by atoms with Crippen LogP contribution in [-0.4, -0.2) is 9.13 Å². The van der Waals surface area contributed by atoms with E-state index in [1.807, 2.05) is 30.3 Å². The van der Waals surface area contributed by atoms with Crippen molar-refractivity contribution in [2.45, 2.75) is 33.9 Å². The Morgan fingerprint density at radius 1 is 0.325 bits per heavy atom. The molecule has 13 rings (SSSR count). The Morgan fingerprint density at radius 3 is 1.12 bits per heavy atom. The Morgan fingerprint density at radius 2 is 0.725 bits per heavy atom. The van der Waals surface area contributed by atoms with Gasteiger partial charge in [0.2, 0.25) is 0 Å². The summed E-state index contributed by atoms with van der Waals surface area (Å²) in [6.07, 6.45) is -4.65. The molecular weight excluding hydrogens is 990 g/mol. The van der Waals surface area contributed by atoms with Gasteiger partial charge in [0.25, 0.3) is 0 Å². The number of aryl methyl sites for hydroxylation is 4. The van der Waals surface area contributed by atoms with E-state index in [2.05, 4.69) is 225 Å². The van der Waals surface area contributed by atoms with Crippen LogP contribution in [0.2, 0.25) is 0 Å². The van der Waals surface area contributed by atoms with Crippen molar-refractivity contribution in [2.24, 2.45) is 0 Å². The molecule has 7 heteroatoms. The highest BCUT2D eigenvalue weighted by Crippen LogP contribution is 2.45. The summed E-state index contributed by atoms with van der Waals surface area (Å²) in [6, 6.07) is 79.8. The van der Waals surface area contributed by atoms with Crippen LogP contribution in [0.4, 0.5) is 13.2 Å². The monoisotopic (exact) mass is 1040 g/mol. The molecule has 0 fully saturated rings. The topological polar surface area (TPSA) is 57.4 Å². The molecular formula is C73H49F3N4. The van der Waals surface area contributed by atoms with Crippen LogP contribution < -0.4 is 0 Å². The van der Waals surface area contributed by atoms with Gasteiger partial charge in [-0.25, -0.2) is 0 Å². The molecule has 0 atom stereocenters. The van der Waals surface area contributed by atoms with E-state index in [1.165, 1.54) is 17.2 Å². The number of aromatic nitrogens is 2. The fourth-order valence-corrected chi connectivity index (χ4v) is 11.8. The van der Waals surface area contributed by atoms with E-state index >= 15 is 0 Å². The Balaban J connectivity index is 1.09. The van der Waals surface area contributed by atoms with E-state index in [1.54, 1.807) is 0 Å². The Hall–Kier alpha value is -10.2. The zero-order valence-corrected chi connectivity index (χ0v) is 44.3. The normalized spacial score (nSPS) is 11.7. The fourth-order valence-electron chi connectivity index (χ4n) is 11.8. The molecule has 0 N–H and O–H groups in total. The van der Waals surface area contributed by atoms with E-state index in [9.17, 15) is 23.7 Å². The van der Waals surface area contributed by atoms with Crippen LogP contribution in [-0.2, 0) is 6.18 Å². The van der Waals surface area contributed by atoms with Crippen LogP contribution in [0.25, 0.3) is 122 Å². The Kier molecular flexibility index (Phi) is 11.9. The predicted molar refractivity (Wildman–Crippen MR) is 321 cm³/mol. The molecule has 0 aliphatic carbocycles. The van der Waals surface area contributed by atoms with Gasteiger partial charge in [-0.05, 0) is 174 Å². The molecule has 80 heavy (non-hydrogen) atoms. The maximum Gasteiger partial charge on any atom is 0.416 e. The summed E-state index contributed by atoms with van der Waals surface area (Å²) in [6.45, 7) is 8.38. The lowest BCUT2D eigenvalue weighted by molar-refractivity contribution is -0.137. The van der Waals surface area contributed by atoms with Crippen LogP contribution in [0.3, 0.4) is 0 Å². The number of nitriles is 2. The van der Waals surface area contributed by atoms with Crippen molar-refractivity contribution >= 4 is 43.6 Å².